The van der Waals surface area contributed by atoms with Gasteiger partial charge in [-0.2, -0.15) is 15.0 Å². The maximum absolute atomic E-state index is 13.0. The third kappa shape index (κ3) is 4.29. The van der Waals surface area contributed by atoms with E-state index >= 15 is 0 Å². The summed E-state index contributed by atoms with van der Waals surface area (Å²) in [5.41, 5.74) is 7.54. The van der Waals surface area contributed by atoms with Gasteiger partial charge in [0.2, 0.25) is 11.9 Å². The van der Waals surface area contributed by atoms with Crippen molar-refractivity contribution in [1.82, 2.24) is 15.0 Å². The van der Waals surface area contributed by atoms with E-state index in [9.17, 15) is 9.18 Å². The van der Waals surface area contributed by atoms with Crippen LogP contribution in [-0.4, -0.2) is 20.9 Å². The van der Waals surface area contributed by atoms with Crippen LogP contribution in [0.5, 0.6) is 0 Å². The Bertz CT molecular complexity index is 931. The average Bonchev–Trinajstić information content (AvgIpc) is 2.62. The van der Waals surface area contributed by atoms with Gasteiger partial charge in [0, 0.05) is 5.69 Å². The van der Waals surface area contributed by atoms with Crippen molar-refractivity contribution in [3.8, 4) is 0 Å². The van der Waals surface area contributed by atoms with Gasteiger partial charge < -0.3 is 15.8 Å². The van der Waals surface area contributed by atoms with Crippen molar-refractivity contribution in [2.75, 3.05) is 11.1 Å². The molecule has 8 heteroatoms. The number of halogens is 1. The number of anilines is 3. The summed E-state index contributed by atoms with van der Waals surface area (Å²) in [6, 6.07) is 12.8. The van der Waals surface area contributed by atoms with Gasteiger partial charge in [-0.25, -0.2) is 9.18 Å². The van der Waals surface area contributed by atoms with Crippen molar-refractivity contribution in [3.63, 3.8) is 0 Å². The molecule has 0 spiro atoms. The minimum absolute atomic E-state index is 0.0217. The van der Waals surface area contributed by atoms with Crippen LogP contribution in [0.2, 0.25) is 0 Å². The monoisotopic (exact) mass is 353 g/mol. The van der Waals surface area contributed by atoms with Crippen molar-refractivity contribution < 1.29 is 13.9 Å². The predicted molar refractivity (Wildman–Crippen MR) is 94.2 cm³/mol. The first-order valence-electron chi connectivity index (χ1n) is 7.77. The molecule has 3 rings (SSSR count). The van der Waals surface area contributed by atoms with Crippen LogP contribution in [0.15, 0.2) is 48.5 Å². The minimum atomic E-state index is -0.477. The highest BCUT2D eigenvalue weighted by atomic mass is 19.1. The molecule has 0 bridgehead atoms. The summed E-state index contributed by atoms with van der Waals surface area (Å²) in [4.78, 5) is 24.2. The zero-order chi connectivity index (χ0) is 18.5. The number of ether oxygens (including phenoxy) is 1. The van der Waals surface area contributed by atoms with Crippen molar-refractivity contribution in [3.05, 3.63) is 71.3 Å². The number of aromatic nitrogens is 3. The van der Waals surface area contributed by atoms with E-state index in [0.29, 0.717) is 11.3 Å². The average molecular weight is 353 g/mol. The van der Waals surface area contributed by atoms with Crippen LogP contribution >= 0.6 is 0 Å². The Balaban J connectivity index is 1.70. The number of hydrogen-bond donors (Lipinski definition) is 2. The van der Waals surface area contributed by atoms with E-state index in [1.165, 1.54) is 24.3 Å². The Morgan fingerprint density at radius 2 is 1.85 bits per heavy atom. The zero-order valence-corrected chi connectivity index (χ0v) is 13.9. The molecule has 0 saturated carbocycles. The summed E-state index contributed by atoms with van der Waals surface area (Å²) >= 11 is 0. The number of rotatable bonds is 5. The SMILES string of the molecule is Cc1ccccc1C(=O)OCc1nc(N)nc(Nc2ccc(F)cc2)n1. The van der Waals surface area contributed by atoms with Crippen LogP contribution in [0.1, 0.15) is 21.7 Å². The normalized spacial score (nSPS) is 10.4. The number of nitrogens with one attached hydrogen (secondary N) is 1. The third-order valence-corrected chi connectivity index (χ3v) is 3.50. The molecule has 3 N–H and O–H groups in total. The van der Waals surface area contributed by atoms with Gasteiger partial charge in [0.15, 0.2) is 12.4 Å². The second kappa shape index (κ2) is 7.56. The van der Waals surface area contributed by atoms with Gasteiger partial charge in [0.05, 0.1) is 5.56 Å². The molecular weight excluding hydrogens is 337 g/mol. The smallest absolute Gasteiger partial charge is 0.338 e. The van der Waals surface area contributed by atoms with Crippen LogP contribution in [-0.2, 0) is 11.3 Å². The lowest BCUT2D eigenvalue weighted by atomic mass is 10.1. The fraction of sp³-hybridized carbons (Fsp3) is 0.111. The summed E-state index contributed by atoms with van der Waals surface area (Å²) in [6.07, 6.45) is 0. The van der Waals surface area contributed by atoms with Gasteiger partial charge in [0.1, 0.15) is 5.82 Å². The third-order valence-electron chi connectivity index (χ3n) is 3.50. The molecule has 0 fully saturated rings. The van der Waals surface area contributed by atoms with Crippen molar-refractivity contribution in [1.29, 1.82) is 0 Å². The topological polar surface area (TPSA) is 103 Å². The Hall–Kier alpha value is -3.55. The van der Waals surface area contributed by atoms with E-state index < -0.39 is 5.97 Å². The Labute approximate surface area is 149 Å². The molecule has 132 valence electrons. The largest absolute Gasteiger partial charge is 0.454 e. The highest BCUT2D eigenvalue weighted by molar-refractivity contribution is 5.90. The second-order valence-electron chi connectivity index (χ2n) is 5.46. The maximum Gasteiger partial charge on any atom is 0.338 e. The molecule has 0 aliphatic carbocycles. The highest BCUT2D eigenvalue weighted by Gasteiger charge is 2.12. The minimum Gasteiger partial charge on any atom is -0.454 e. The Morgan fingerprint density at radius 3 is 2.58 bits per heavy atom. The first kappa shape index (κ1) is 17.3. The lowest BCUT2D eigenvalue weighted by Crippen LogP contribution is -2.12. The van der Waals surface area contributed by atoms with E-state index in [1.807, 2.05) is 19.1 Å². The second-order valence-corrected chi connectivity index (χ2v) is 5.46. The predicted octanol–water partition coefficient (Wildman–Crippen LogP) is 3.00. The zero-order valence-electron chi connectivity index (χ0n) is 13.9. The van der Waals surface area contributed by atoms with E-state index in [0.717, 1.165) is 5.56 Å². The van der Waals surface area contributed by atoms with E-state index in [4.69, 9.17) is 10.5 Å². The molecule has 0 atom stereocenters. The molecule has 0 aliphatic heterocycles. The van der Waals surface area contributed by atoms with Crippen molar-refractivity contribution >= 4 is 23.6 Å². The molecule has 0 radical (unpaired) electrons. The maximum atomic E-state index is 13.0. The van der Waals surface area contributed by atoms with Gasteiger partial charge in [0.25, 0.3) is 0 Å². The Morgan fingerprint density at radius 1 is 1.12 bits per heavy atom. The number of nitrogens with two attached hydrogens (primary N) is 1. The van der Waals surface area contributed by atoms with Crippen molar-refractivity contribution in [2.45, 2.75) is 13.5 Å². The van der Waals surface area contributed by atoms with Crippen LogP contribution in [0.3, 0.4) is 0 Å². The Kier molecular flexibility index (Phi) is 5.02. The number of nitrogens with zero attached hydrogens (tertiary/aromatic N) is 3. The van der Waals surface area contributed by atoms with Crippen LogP contribution in [0, 0.1) is 12.7 Å². The number of carbonyl (C=O) groups is 1. The lowest BCUT2D eigenvalue weighted by Gasteiger charge is -2.09. The van der Waals surface area contributed by atoms with Gasteiger partial charge in [-0.05, 0) is 42.8 Å². The molecule has 0 aliphatic rings. The summed E-state index contributed by atoms with van der Waals surface area (Å²) in [6.45, 7) is 1.67. The number of nitrogen functional groups attached to an aromatic ring is 1. The van der Waals surface area contributed by atoms with Crippen LogP contribution in [0.25, 0.3) is 0 Å². The summed E-state index contributed by atoms with van der Waals surface area (Å²) in [5, 5.41) is 2.89. The molecular formula is C18H16FN5O2. The summed E-state index contributed by atoms with van der Waals surface area (Å²) in [7, 11) is 0. The molecule has 1 heterocycles. The quantitative estimate of drug-likeness (QED) is 0.680. The van der Waals surface area contributed by atoms with Crippen LogP contribution in [0.4, 0.5) is 22.0 Å². The molecule has 0 unspecified atom stereocenters. The number of carbonyl (C=O) groups excluding carboxylic acids is 1. The molecule has 3 aromatic rings. The fourth-order valence-corrected chi connectivity index (χ4v) is 2.23. The summed E-state index contributed by atoms with van der Waals surface area (Å²) < 4.78 is 18.2. The molecule has 0 amide bonds. The standard InChI is InChI=1S/C18H16FN5O2/c1-11-4-2-3-5-14(11)16(25)26-10-15-22-17(20)24-18(23-15)21-13-8-6-12(19)7-9-13/h2-9H,10H2,1H3,(H3,20,21,22,23,24). The van der Waals surface area contributed by atoms with Gasteiger partial charge >= 0.3 is 5.97 Å². The molecule has 2 aromatic carbocycles. The van der Waals surface area contributed by atoms with Crippen LogP contribution < -0.4 is 11.1 Å². The number of hydrogen-bond acceptors (Lipinski definition) is 7. The molecule has 26 heavy (non-hydrogen) atoms. The van der Waals surface area contributed by atoms with Crippen molar-refractivity contribution in [2.24, 2.45) is 0 Å². The van der Waals surface area contributed by atoms with E-state index in [2.05, 4.69) is 20.3 Å². The molecule has 0 saturated heterocycles. The summed E-state index contributed by atoms with van der Waals surface area (Å²) in [5.74, 6) is -0.480. The first-order valence-corrected chi connectivity index (χ1v) is 7.77. The van der Waals surface area contributed by atoms with Gasteiger partial charge in [-0.3, -0.25) is 0 Å². The lowest BCUT2D eigenvalue weighted by molar-refractivity contribution is 0.0461. The fourth-order valence-electron chi connectivity index (χ4n) is 2.23. The number of esters is 1. The van der Waals surface area contributed by atoms with E-state index in [-0.39, 0.29) is 30.1 Å². The number of aryl methyl sites for hydroxylation is 1. The first-order chi connectivity index (χ1) is 12.5. The molecule has 1 aromatic heterocycles. The molecule has 7 nitrogen and oxygen atoms in total. The van der Waals surface area contributed by atoms with Gasteiger partial charge in [-0.1, -0.05) is 18.2 Å². The van der Waals surface area contributed by atoms with Gasteiger partial charge in [-0.15, -0.1) is 0 Å². The van der Waals surface area contributed by atoms with E-state index in [1.54, 1.807) is 12.1 Å². The number of benzene rings is 2. The highest BCUT2D eigenvalue weighted by Crippen LogP contribution is 2.15.